The summed E-state index contributed by atoms with van der Waals surface area (Å²) in [6.45, 7) is 5.18. The molecule has 1 heterocycles. The van der Waals surface area contributed by atoms with E-state index in [1.165, 1.54) is 12.5 Å². The molecule has 17 heavy (non-hydrogen) atoms. The van der Waals surface area contributed by atoms with Crippen LogP contribution in [0.4, 0.5) is 15.8 Å². The molecule has 0 bridgehead atoms. The number of rotatable bonds is 3. The van der Waals surface area contributed by atoms with Crippen molar-refractivity contribution in [2.45, 2.75) is 19.3 Å². The molecule has 0 atom stereocenters. The number of hydrogen-bond donors (Lipinski definition) is 2. The first-order chi connectivity index (χ1) is 8.22. The number of nitrogens with two attached hydrogens (primary N) is 1. The molecule has 0 saturated carbocycles. The molecular weight excluding hydrogens is 217 g/mol. The fraction of sp³-hybridized carbons (Fsp3) is 0.385. The minimum absolute atomic E-state index is 0.229. The van der Waals surface area contributed by atoms with Crippen LogP contribution in [0.15, 0.2) is 30.5 Å². The second kappa shape index (κ2) is 5.19. The molecule has 3 nitrogen and oxygen atoms in total. The molecule has 1 aromatic rings. The number of benzene rings is 1. The molecule has 2 rings (SSSR count). The SMILES string of the molecule is C=C1CCCCN1c1ccc(NCN)c(F)c1. The first kappa shape index (κ1) is 11.9. The number of halogens is 1. The first-order valence-electron chi connectivity index (χ1n) is 5.91. The quantitative estimate of drug-likeness (QED) is 0.791. The normalized spacial score (nSPS) is 16.1. The van der Waals surface area contributed by atoms with E-state index in [-0.39, 0.29) is 12.5 Å². The van der Waals surface area contributed by atoms with Crippen LogP contribution in [0.5, 0.6) is 0 Å². The molecule has 0 aromatic heterocycles. The van der Waals surface area contributed by atoms with Gasteiger partial charge in [-0.1, -0.05) is 6.58 Å². The average Bonchev–Trinajstić information content (AvgIpc) is 2.33. The second-order valence-corrected chi connectivity index (χ2v) is 4.22. The zero-order chi connectivity index (χ0) is 12.3. The lowest BCUT2D eigenvalue weighted by molar-refractivity contribution is 0.621. The molecule has 3 N–H and O–H groups in total. The summed E-state index contributed by atoms with van der Waals surface area (Å²) in [4.78, 5) is 2.08. The zero-order valence-electron chi connectivity index (χ0n) is 9.88. The molecule has 0 spiro atoms. The van der Waals surface area contributed by atoms with Gasteiger partial charge in [-0.3, -0.25) is 0 Å². The zero-order valence-corrected chi connectivity index (χ0v) is 9.88. The lowest BCUT2D eigenvalue weighted by Crippen LogP contribution is -2.27. The fourth-order valence-electron chi connectivity index (χ4n) is 2.13. The number of allylic oxidation sites excluding steroid dienone is 1. The van der Waals surface area contributed by atoms with Crippen LogP contribution in [-0.2, 0) is 0 Å². The van der Waals surface area contributed by atoms with Crippen molar-refractivity contribution in [1.82, 2.24) is 0 Å². The van der Waals surface area contributed by atoms with Gasteiger partial charge in [0.25, 0.3) is 0 Å². The predicted molar refractivity (Wildman–Crippen MR) is 69.4 cm³/mol. The third-order valence-corrected chi connectivity index (χ3v) is 3.04. The van der Waals surface area contributed by atoms with Crippen molar-refractivity contribution < 1.29 is 4.39 Å². The highest BCUT2D eigenvalue weighted by Gasteiger charge is 2.15. The van der Waals surface area contributed by atoms with E-state index < -0.39 is 0 Å². The maximum atomic E-state index is 13.7. The van der Waals surface area contributed by atoms with Gasteiger partial charge in [-0.25, -0.2) is 4.39 Å². The van der Waals surface area contributed by atoms with Gasteiger partial charge in [-0.2, -0.15) is 0 Å². The molecule has 4 heteroatoms. The molecule has 1 aromatic carbocycles. The van der Waals surface area contributed by atoms with Crippen LogP contribution < -0.4 is 16.0 Å². The van der Waals surface area contributed by atoms with Crippen molar-refractivity contribution in [3.8, 4) is 0 Å². The van der Waals surface area contributed by atoms with Crippen LogP contribution in [0.2, 0.25) is 0 Å². The third-order valence-electron chi connectivity index (χ3n) is 3.04. The summed E-state index contributed by atoms with van der Waals surface area (Å²) in [6, 6.07) is 5.16. The van der Waals surface area contributed by atoms with Crippen molar-refractivity contribution in [1.29, 1.82) is 0 Å². The van der Waals surface area contributed by atoms with Gasteiger partial charge in [0.05, 0.1) is 12.4 Å². The average molecular weight is 235 g/mol. The molecule has 0 amide bonds. The molecule has 0 unspecified atom stereocenters. The Morgan fingerprint density at radius 3 is 2.88 bits per heavy atom. The highest BCUT2D eigenvalue weighted by atomic mass is 19.1. The van der Waals surface area contributed by atoms with Crippen molar-refractivity contribution in [3.63, 3.8) is 0 Å². The van der Waals surface area contributed by atoms with Crippen LogP contribution in [0.3, 0.4) is 0 Å². The smallest absolute Gasteiger partial charge is 0.148 e. The maximum Gasteiger partial charge on any atom is 0.148 e. The Morgan fingerprint density at radius 1 is 1.41 bits per heavy atom. The van der Waals surface area contributed by atoms with Gasteiger partial charge >= 0.3 is 0 Å². The van der Waals surface area contributed by atoms with E-state index in [9.17, 15) is 4.39 Å². The summed E-state index contributed by atoms with van der Waals surface area (Å²) in [5.41, 5.74) is 7.71. The van der Waals surface area contributed by atoms with Crippen LogP contribution in [0.25, 0.3) is 0 Å². The Kier molecular flexibility index (Phi) is 3.64. The summed E-state index contributed by atoms with van der Waals surface area (Å²) in [5.74, 6) is -0.272. The third kappa shape index (κ3) is 2.58. The summed E-state index contributed by atoms with van der Waals surface area (Å²) in [5, 5.41) is 2.78. The Hall–Kier alpha value is -1.55. The topological polar surface area (TPSA) is 41.3 Å². The fourth-order valence-corrected chi connectivity index (χ4v) is 2.13. The van der Waals surface area contributed by atoms with Gasteiger partial charge in [0, 0.05) is 17.9 Å². The minimum Gasteiger partial charge on any atom is -0.370 e. The van der Waals surface area contributed by atoms with Crippen molar-refractivity contribution in [2.24, 2.45) is 5.73 Å². The van der Waals surface area contributed by atoms with Gasteiger partial charge in [0.1, 0.15) is 5.82 Å². The minimum atomic E-state index is -0.272. The van der Waals surface area contributed by atoms with Crippen LogP contribution in [0, 0.1) is 5.82 Å². The Bertz CT molecular complexity index is 417. The van der Waals surface area contributed by atoms with Gasteiger partial charge < -0.3 is 16.0 Å². The first-order valence-corrected chi connectivity index (χ1v) is 5.91. The van der Waals surface area contributed by atoms with E-state index in [1.807, 2.05) is 6.07 Å². The molecule has 1 saturated heterocycles. The van der Waals surface area contributed by atoms with E-state index in [1.54, 1.807) is 6.07 Å². The van der Waals surface area contributed by atoms with Gasteiger partial charge in [0.15, 0.2) is 0 Å². The lowest BCUT2D eigenvalue weighted by Gasteiger charge is -2.31. The Labute approximate surface area is 101 Å². The van der Waals surface area contributed by atoms with Crippen molar-refractivity contribution >= 4 is 11.4 Å². The number of nitrogens with zero attached hydrogens (tertiary/aromatic N) is 1. The monoisotopic (exact) mass is 235 g/mol. The Morgan fingerprint density at radius 2 is 2.24 bits per heavy atom. The number of nitrogens with one attached hydrogen (secondary N) is 1. The van der Waals surface area contributed by atoms with Crippen molar-refractivity contribution in [2.75, 3.05) is 23.4 Å². The van der Waals surface area contributed by atoms with Crippen molar-refractivity contribution in [3.05, 3.63) is 36.3 Å². The molecule has 0 radical (unpaired) electrons. The highest BCUT2D eigenvalue weighted by molar-refractivity contribution is 5.59. The number of anilines is 2. The standard InChI is InChI=1S/C13H18FN3/c1-10-4-2-3-7-17(10)11-5-6-13(16-9-15)12(14)8-11/h5-6,8,16H,1-4,7,9,15H2. The predicted octanol–water partition coefficient (Wildman–Crippen LogP) is 2.66. The van der Waals surface area contributed by atoms with E-state index in [0.717, 1.165) is 30.8 Å². The summed E-state index contributed by atoms with van der Waals surface area (Å²) >= 11 is 0. The van der Waals surface area contributed by atoms with Gasteiger partial charge in [-0.05, 0) is 37.5 Å². The lowest BCUT2D eigenvalue weighted by atomic mass is 10.1. The number of hydrogen-bond acceptors (Lipinski definition) is 3. The summed E-state index contributed by atoms with van der Waals surface area (Å²) < 4.78 is 13.7. The van der Waals surface area contributed by atoms with E-state index >= 15 is 0 Å². The molecule has 1 aliphatic heterocycles. The van der Waals surface area contributed by atoms with Gasteiger partial charge in [0.2, 0.25) is 0 Å². The maximum absolute atomic E-state index is 13.7. The van der Waals surface area contributed by atoms with Crippen LogP contribution in [0.1, 0.15) is 19.3 Å². The number of piperidine rings is 1. The van der Waals surface area contributed by atoms with E-state index in [4.69, 9.17) is 5.73 Å². The molecule has 1 fully saturated rings. The molecular formula is C13H18FN3. The van der Waals surface area contributed by atoms with Gasteiger partial charge in [-0.15, -0.1) is 0 Å². The summed E-state index contributed by atoms with van der Waals surface area (Å²) in [7, 11) is 0. The molecule has 1 aliphatic rings. The highest BCUT2D eigenvalue weighted by Crippen LogP contribution is 2.28. The summed E-state index contributed by atoms with van der Waals surface area (Å²) in [6.07, 6.45) is 3.29. The largest absolute Gasteiger partial charge is 0.370 e. The Balaban J connectivity index is 2.21. The second-order valence-electron chi connectivity index (χ2n) is 4.22. The van der Waals surface area contributed by atoms with Crippen LogP contribution in [-0.4, -0.2) is 13.2 Å². The van der Waals surface area contributed by atoms with E-state index in [0.29, 0.717) is 5.69 Å². The van der Waals surface area contributed by atoms with Crippen LogP contribution >= 0.6 is 0 Å². The van der Waals surface area contributed by atoms with E-state index in [2.05, 4.69) is 16.8 Å². The molecule has 92 valence electrons. The molecule has 0 aliphatic carbocycles.